The molecule has 0 radical (unpaired) electrons. The van der Waals surface area contributed by atoms with Crippen LogP contribution in [0, 0.1) is 5.41 Å². The van der Waals surface area contributed by atoms with Crippen LogP contribution in [0.3, 0.4) is 0 Å². The Kier molecular flexibility index (Phi) is 6.40. The Labute approximate surface area is 172 Å². The van der Waals surface area contributed by atoms with Crippen molar-refractivity contribution in [3.05, 3.63) is 65.4 Å². The lowest BCUT2D eigenvalue weighted by Crippen LogP contribution is -2.56. The van der Waals surface area contributed by atoms with Crippen molar-refractivity contribution in [2.45, 2.75) is 31.7 Å². The van der Waals surface area contributed by atoms with Gasteiger partial charge in [-0.05, 0) is 67.8 Å². The fraction of sp³-hybridized carbons (Fsp3) is 0.409. The first-order chi connectivity index (χ1) is 12.7. The van der Waals surface area contributed by atoms with Crippen molar-refractivity contribution in [1.29, 1.82) is 0 Å². The van der Waals surface area contributed by atoms with E-state index in [0.717, 1.165) is 43.7 Å². The first kappa shape index (κ1) is 20.1. The Hall–Kier alpha value is -1.62. The van der Waals surface area contributed by atoms with Crippen LogP contribution in [0.15, 0.2) is 59.8 Å². The van der Waals surface area contributed by atoms with E-state index >= 15 is 0 Å². The number of carbonyl (C=O) groups excluding carboxylic acids is 1. The molecule has 1 spiro atoms. The van der Waals surface area contributed by atoms with Gasteiger partial charge in [-0.15, -0.1) is 19.0 Å². The van der Waals surface area contributed by atoms with E-state index in [0.29, 0.717) is 11.5 Å². The Bertz CT molecular complexity index is 746. The summed E-state index contributed by atoms with van der Waals surface area (Å²) in [5.74, 6) is 0.140. The van der Waals surface area contributed by atoms with Crippen LogP contribution in [-0.4, -0.2) is 36.5 Å². The van der Waals surface area contributed by atoms with Crippen molar-refractivity contribution < 1.29 is 4.79 Å². The van der Waals surface area contributed by atoms with Gasteiger partial charge < -0.3 is 4.90 Å². The number of likely N-dealkylation sites (tertiary alicyclic amines) is 1. The minimum absolute atomic E-state index is 0. The van der Waals surface area contributed by atoms with Crippen LogP contribution in [0.5, 0.6) is 0 Å². The molecule has 2 fully saturated rings. The van der Waals surface area contributed by atoms with Crippen LogP contribution in [0.4, 0.5) is 5.69 Å². The van der Waals surface area contributed by atoms with Crippen molar-refractivity contribution in [3.8, 4) is 0 Å². The number of hydrogen-bond acceptors (Lipinski definition) is 3. The van der Waals surface area contributed by atoms with Gasteiger partial charge in [-0.25, -0.2) is 0 Å². The second-order valence-corrected chi connectivity index (χ2v) is 8.45. The normalized spacial score (nSPS) is 19.1. The number of para-hydroxylation sites is 1. The number of carbonyl (C=O) groups is 1. The lowest BCUT2D eigenvalue weighted by atomic mass is 9.60. The van der Waals surface area contributed by atoms with Crippen LogP contribution < -0.4 is 4.90 Å². The van der Waals surface area contributed by atoms with Gasteiger partial charge in [-0.1, -0.05) is 24.3 Å². The summed E-state index contributed by atoms with van der Waals surface area (Å²) in [4.78, 5) is 17.7. The summed E-state index contributed by atoms with van der Waals surface area (Å²) in [6.45, 7) is 7.16. The van der Waals surface area contributed by atoms with Crippen LogP contribution >= 0.6 is 23.7 Å². The molecule has 0 unspecified atom stereocenters. The lowest BCUT2D eigenvalue weighted by Gasteiger charge is -2.55. The highest BCUT2D eigenvalue weighted by atomic mass is 35.5. The summed E-state index contributed by atoms with van der Waals surface area (Å²) in [6, 6.07) is 12.4. The van der Waals surface area contributed by atoms with E-state index in [4.69, 9.17) is 0 Å². The molecule has 144 valence electrons. The number of benzene rings is 1. The number of hydrogen-bond donors (Lipinski definition) is 0. The zero-order chi connectivity index (χ0) is 18.0. The van der Waals surface area contributed by atoms with E-state index in [9.17, 15) is 4.79 Å². The van der Waals surface area contributed by atoms with Crippen molar-refractivity contribution in [2.24, 2.45) is 5.41 Å². The average Bonchev–Trinajstić information content (AvgIpc) is 3.18. The fourth-order valence-corrected chi connectivity index (χ4v) is 5.16. The van der Waals surface area contributed by atoms with Crippen molar-refractivity contribution in [2.75, 3.05) is 24.5 Å². The molecule has 1 aliphatic carbocycles. The molecule has 2 aliphatic rings. The monoisotopic (exact) mass is 402 g/mol. The Morgan fingerprint density at radius 3 is 2.52 bits per heavy atom. The highest BCUT2D eigenvalue weighted by molar-refractivity contribution is 7.08. The molecule has 1 aliphatic heterocycles. The molecule has 3 nitrogen and oxygen atoms in total. The van der Waals surface area contributed by atoms with Gasteiger partial charge in [0.05, 0.1) is 5.56 Å². The van der Waals surface area contributed by atoms with Crippen LogP contribution in [0.1, 0.15) is 36.0 Å². The summed E-state index contributed by atoms with van der Waals surface area (Å²) in [7, 11) is 0. The highest BCUT2D eigenvalue weighted by Crippen LogP contribution is 2.51. The summed E-state index contributed by atoms with van der Waals surface area (Å²) in [6.07, 6.45) is 6.73. The van der Waals surface area contributed by atoms with Gasteiger partial charge in [-0.2, -0.15) is 11.3 Å². The molecule has 4 rings (SSSR count). The van der Waals surface area contributed by atoms with E-state index in [1.807, 2.05) is 46.0 Å². The summed E-state index contributed by atoms with van der Waals surface area (Å²) in [5, 5.41) is 3.94. The first-order valence-corrected chi connectivity index (χ1v) is 10.4. The standard InChI is InChI=1S/C22H26N2OS.ClH/c1-2-11-23-12-9-22(10-13-23)15-20(16-22)24(19-6-4-3-5-7-19)21(25)18-8-14-26-17-18;/h2-8,14,17,20H,1,9-13,15-16H2;1H. The quantitative estimate of drug-likeness (QED) is 0.638. The third kappa shape index (κ3) is 4.13. The zero-order valence-corrected chi connectivity index (χ0v) is 17.2. The molecule has 0 bridgehead atoms. The minimum atomic E-state index is 0. The van der Waals surface area contributed by atoms with E-state index in [1.54, 1.807) is 11.3 Å². The lowest BCUT2D eigenvalue weighted by molar-refractivity contribution is 0.0188. The SMILES string of the molecule is C=CCN1CCC2(CC1)CC(N(C(=O)c1ccsc1)c1ccccc1)C2.Cl. The molecule has 0 atom stereocenters. The van der Waals surface area contributed by atoms with Crippen molar-refractivity contribution >= 4 is 35.3 Å². The fourth-order valence-electron chi connectivity index (χ4n) is 4.53. The molecule has 1 aromatic carbocycles. The number of rotatable bonds is 5. The Balaban J connectivity index is 0.00000210. The molecular weight excluding hydrogens is 376 g/mol. The van der Waals surface area contributed by atoms with Crippen LogP contribution in [0.25, 0.3) is 0 Å². The van der Waals surface area contributed by atoms with Crippen molar-refractivity contribution in [1.82, 2.24) is 4.90 Å². The number of thiophene rings is 1. The maximum absolute atomic E-state index is 13.2. The molecule has 1 saturated heterocycles. The van der Waals surface area contributed by atoms with E-state index in [1.165, 1.54) is 12.8 Å². The maximum Gasteiger partial charge on any atom is 0.259 e. The zero-order valence-electron chi connectivity index (χ0n) is 15.5. The topological polar surface area (TPSA) is 23.6 Å². The minimum Gasteiger partial charge on any atom is -0.305 e. The third-order valence-corrected chi connectivity index (χ3v) is 6.71. The average molecular weight is 403 g/mol. The van der Waals surface area contributed by atoms with Gasteiger partial charge in [0.25, 0.3) is 5.91 Å². The molecule has 1 aromatic heterocycles. The molecule has 2 aromatic rings. The number of halogens is 1. The molecule has 0 N–H and O–H groups in total. The summed E-state index contributed by atoms with van der Waals surface area (Å²) in [5.41, 5.74) is 2.26. The Morgan fingerprint density at radius 1 is 1.22 bits per heavy atom. The van der Waals surface area contributed by atoms with Crippen LogP contribution in [0.2, 0.25) is 0 Å². The number of piperidine rings is 1. The predicted molar refractivity (Wildman–Crippen MR) is 116 cm³/mol. The highest BCUT2D eigenvalue weighted by Gasteiger charge is 2.49. The van der Waals surface area contributed by atoms with Gasteiger partial charge in [0, 0.05) is 23.7 Å². The summed E-state index contributed by atoms with van der Waals surface area (Å²) >= 11 is 1.58. The molecule has 2 heterocycles. The number of anilines is 1. The number of nitrogens with zero attached hydrogens (tertiary/aromatic N) is 2. The second-order valence-electron chi connectivity index (χ2n) is 7.67. The largest absolute Gasteiger partial charge is 0.305 e. The molecule has 1 amide bonds. The van der Waals surface area contributed by atoms with Gasteiger partial charge in [-0.3, -0.25) is 9.69 Å². The van der Waals surface area contributed by atoms with Gasteiger partial charge in [0.1, 0.15) is 0 Å². The molecule has 27 heavy (non-hydrogen) atoms. The first-order valence-electron chi connectivity index (χ1n) is 9.45. The second kappa shape index (κ2) is 8.59. The van der Waals surface area contributed by atoms with E-state index in [-0.39, 0.29) is 18.3 Å². The van der Waals surface area contributed by atoms with Gasteiger partial charge in [0.15, 0.2) is 0 Å². The van der Waals surface area contributed by atoms with E-state index < -0.39 is 0 Å². The Morgan fingerprint density at radius 2 is 1.93 bits per heavy atom. The van der Waals surface area contributed by atoms with Crippen LogP contribution in [-0.2, 0) is 0 Å². The van der Waals surface area contributed by atoms with Gasteiger partial charge in [0.2, 0.25) is 0 Å². The van der Waals surface area contributed by atoms with E-state index in [2.05, 4.69) is 23.6 Å². The van der Waals surface area contributed by atoms with Gasteiger partial charge >= 0.3 is 0 Å². The maximum atomic E-state index is 13.2. The molecular formula is C22H27ClN2OS. The summed E-state index contributed by atoms with van der Waals surface area (Å²) < 4.78 is 0. The smallest absolute Gasteiger partial charge is 0.259 e. The predicted octanol–water partition coefficient (Wildman–Crippen LogP) is 5.25. The number of amides is 1. The third-order valence-electron chi connectivity index (χ3n) is 6.03. The van der Waals surface area contributed by atoms with Crippen molar-refractivity contribution in [3.63, 3.8) is 0 Å². The molecule has 1 saturated carbocycles. The molecule has 5 heteroatoms.